The van der Waals surface area contributed by atoms with Crippen molar-refractivity contribution >= 4 is 11.7 Å². The number of aliphatic hydroxyl groups is 1. The molecule has 0 heterocycles. The van der Waals surface area contributed by atoms with Crippen LogP contribution >= 0.6 is 0 Å². The van der Waals surface area contributed by atoms with Crippen LogP contribution in [-0.4, -0.2) is 35.4 Å². The number of hydrogen-bond acceptors (Lipinski definition) is 3. The molecule has 0 radical (unpaired) electrons. The van der Waals surface area contributed by atoms with E-state index < -0.39 is 5.97 Å². The second-order valence-corrected chi connectivity index (χ2v) is 4.32. The molecule has 0 bridgehead atoms. The smallest absolute Gasteiger partial charge is 0.335 e. The first kappa shape index (κ1) is 13.5. The minimum Gasteiger partial charge on any atom is -0.478 e. The number of carboxylic acid groups (broad SMARTS) is 1. The number of aryl methyl sites for hydroxylation is 1. The lowest BCUT2D eigenvalue weighted by atomic mass is 10.1. The second kappa shape index (κ2) is 5.68. The molecule has 0 atom stereocenters. The Balaban J connectivity index is 3.08. The molecule has 0 spiro atoms. The average Bonchev–Trinajstić information content (AvgIpc) is 2.26. The van der Waals surface area contributed by atoms with Crippen LogP contribution in [0.15, 0.2) is 18.2 Å². The number of hydrogen-bond donors (Lipinski definition) is 2. The van der Waals surface area contributed by atoms with Gasteiger partial charge in [-0.15, -0.1) is 0 Å². The van der Waals surface area contributed by atoms with Crippen molar-refractivity contribution in [3.05, 3.63) is 29.3 Å². The fraction of sp³-hybridized carbons (Fsp3) is 0.462. The van der Waals surface area contributed by atoms with Gasteiger partial charge in [0.25, 0.3) is 0 Å². The van der Waals surface area contributed by atoms with Crippen LogP contribution in [0.25, 0.3) is 0 Å². The van der Waals surface area contributed by atoms with Gasteiger partial charge in [-0.05, 0) is 44.5 Å². The third-order valence-electron chi connectivity index (χ3n) is 2.72. The number of anilines is 1. The molecule has 0 amide bonds. The molecule has 0 aromatic heterocycles. The molecule has 2 N–H and O–H groups in total. The zero-order chi connectivity index (χ0) is 13.0. The minimum absolute atomic E-state index is 0.0816. The summed E-state index contributed by atoms with van der Waals surface area (Å²) in [5, 5.41) is 17.9. The Morgan fingerprint density at radius 2 is 2.06 bits per heavy atom. The van der Waals surface area contributed by atoms with Gasteiger partial charge < -0.3 is 15.1 Å². The van der Waals surface area contributed by atoms with E-state index in [9.17, 15) is 4.79 Å². The molecule has 0 fully saturated rings. The monoisotopic (exact) mass is 237 g/mol. The predicted octanol–water partition coefficient (Wildman–Crippen LogP) is 1.90. The van der Waals surface area contributed by atoms with Crippen molar-refractivity contribution in [1.82, 2.24) is 0 Å². The van der Waals surface area contributed by atoms with Crippen LogP contribution in [0.1, 0.15) is 29.8 Å². The molecule has 1 rings (SSSR count). The molecule has 0 unspecified atom stereocenters. The first-order chi connectivity index (χ1) is 7.97. The Morgan fingerprint density at radius 1 is 1.41 bits per heavy atom. The lowest BCUT2D eigenvalue weighted by Crippen LogP contribution is -2.34. The molecular formula is C13H19NO3. The molecule has 4 nitrogen and oxygen atoms in total. The molecule has 1 aromatic rings. The highest BCUT2D eigenvalue weighted by atomic mass is 16.4. The summed E-state index contributed by atoms with van der Waals surface area (Å²) in [5.41, 5.74) is 2.17. The van der Waals surface area contributed by atoms with Gasteiger partial charge in [-0.3, -0.25) is 0 Å². The Labute approximate surface area is 101 Å². The van der Waals surface area contributed by atoms with Gasteiger partial charge in [-0.25, -0.2) is 4.79 Å². The number of benzene rings is 1. The van der Waals surface area contributed by atoms with Gasteiger partial charge in [0.05, 0.1) is 12.2 Å². The van der Waals surface area contributed by atoms with Crippen LogP contribution in [-0.2, 0) is 0 Å². The van der Waals surface area contributed by atoms with Gasteiger partial charge in [0.2, 0.25) is 0 Å². The van der Waals surface area contributed by atoms with E-state index in [1.165, 1.54) is 0 Å². The average molecular weight is 237 g/mol. The summed E-state index contributed by atoms with van der Waals surface area (Å²) in [6, 6.07) is 5.31. The summed E-state index contributed by atoms with van der Waals surface area (Å²) in [7, 11) is 0. The Kier molecular flexibility index (Phi) is 4.52. The van der Waals surface area contributed by atoms with Crippen molar-refractivity contribution < 1.29 is 15.0 Å². The van der Waals surface area contributed by atoms with E-state index in [2.05, 4.69) is 4.90 Å². The maximum absolute atomic E-state index is 10.8. The number of aliphatic hydroxyl groups excluding tert-OH is 1. The third-order valence-corrected chi connectivity index (χ3v) is 2.72. The number of nitrogens with zero attached hydrogens (tertiary/aromatic N) is 1. The highest BCUT2D eigenvalue weighted by molar-refractivity contribution is 5.88. The predicted molar refractivity (Wildman–Crippen MR) is 67.7 cm³/mol. The maximum atomic E-state index is 10.8. The third kappa shape index (κ3) is 3.20. The fourth-order valence-electron chi connectivity index (χ4n) is 1.88. The summed E-state index contributed by atoms with van der Waals surface area (Å²) >= 11 is 0. The lowest BCUT2D eigenvalue weighted by Gasteiger charge is -2.29. The van der Waals surface area contributed by atoms with Crippen LogP contribution in [0.2, 0.25) is 0 Å². The molecule has 1 aromatic carbocycles. The lowest BCUT2D eigenvalue weighted by molar-refractivity contribution is 0.0697. The summed E-state index contributed by atoms with van der Waals surface area (Å²) in [6.07, 6.45) is 0. The summed E-state index contributed by atoms with van der Waals surface area (Å²) in [5.74, 6) is -0.919. The topological polar surface area (TPSA) is 60.8 Å². The van der Waals surface area contributed by atoms with E-state index in [1.54, 1.807) is 18.2 Å². The van der Waals surface area contributed by atoms with E-state index in [0.717, 1.165) is 11.3 Å². The fourth-order valence-corrected chi connectivity index (χ4v) is 1.88. The number of carboxylic acids is 1. The Bertz CT molecular complexity index is 402. The van der Waals surface area contributed by atoms with E-state index in [-0.39, 0.29) is 12.6 Å². The van der Waals surface area contributed by atoms with Gasteiger partial charge in [-0.2, -0.15) is 0 Å². The van der Waals surface area contributed by atoms with Crippen molar-refractivity contribution in [2.24, 2.45) is 0 Å². The first-order valence-corrected chi connectivity index (χ1v) is 5.68. The van der Waals surface area contributed by atoms with Gasteiger partial charge in [0.15, 0.2) is 0 Å². The van der Waals surface area contributed by atoms with E-state index >= 15 is 0 Å². The molecule has 17 heavy (non-hydrogen) atoms. The minimum atomic E-state index is -0.919. The standard InChI is InChI=1S/C13H19NO3/c1-9(2)14(6-7-15)12-5-4-11(13(16)17)8-10(12)3/h4-5,8-9,15H,6-7H2,1-3H3,(H,16,17). The summed E-state index contributed by atoms with van der Waals surface area (Å²) < 4.78 is 0. The van der Waals surface area contributed by atoms with Gasteiger partial charge in [0.1, 0.15) is 0 Å². The molecule has 0 aliphatic rings. The normalized spacial score (nSPS) is 10.6. The molecule has 0 saturated heterocycles. The molecule has 4 heteroatoms. The summed E-state index contributed by atoms with van der Waals surface area (Å²) in [4.78, 5) is 12.9. The van der Waals surface area contributed by atoms with E-state index in [4.69, 9.17) is 10.2 Å². The molecule has 0 aliphatic heterocycles. The van der Waals surface area contributed by atoms with Crippen molar-refractivity contribution in [2.45, 2.75) is 26.8 Å². The van der Waals surface area contributed by atoms with Crippen molar-refractivity contribution in [3.8, 4) is 0 Å². The van der Waals surface area contributed by atoms with E-state index in [0.29, 0.717) is 12.1 Å². The van der Waals surface area contributed by atoms with Gasteiger partial charge in [-0.1, -0.05) is 0 Å². The number of aromatic carboxylic acids is 1. The quantitative estimate of drug-likeness (QED) is 0.821. The van der Waals surface area contributed by atoms with Crippen LogP contribution in [0.5, 0.6) is 0 Å². The first-order valence-electron chi connectivity index (χ1n) is 5.68. The second-order valence-electron chi connectivity index (χ2n) is 4.32. The van der Waals surface area contributed by atoms with E-state index in [1.807, 2.05) is 20.8 Å². The van der Waals surface area contributed by atoms with Crippen molar-refractivity contribution in [3.63, 3.8) is 0 Å². The van der Waals surface area contributed by atoms with Crippen LogP contribution in [0, 0.1) is 6.92 Å². The number of rotatable bonds is 5. The maximum Gasteiger partial charge on any atom is 0.335 e. The highest BCUT2D eigenvalue weighted by Gasteiger charge is 2.13. The van der Waals surface area contributed by atoms with Crippen molar-refractivity contribution in [1.29, 1.82) is 0 Å². The van der Waals surface area contributed by atoms with Crippen LogP contribution in [0.4, 0.5) is 5.69 Å². The highest BCUT2D eigenvalue weighted by Crippen LogP contribution is 2.23. The SMILES string of the molecule is Cc1cc(C(=O)O)ccc1N(CCO)C(C)C. The molecule has 0 saturated carbocycles. The zero-order valence-electron chi connectivity index (χ0n) is 10.5. The number of carbonyl (C=O) groups is 1. The summed E-state index contributed by atoms with van der Waals surface area (Å²) in [6.45, 7) is 6.60. The molecule has 0 aliphatic carbocycles. The van der Waals surface area contributed by atoms with Crippen LogP contribution in [0.3, 0.4) is 0 Å². The molecular weight excluding hydrogens is 218 g/mol. The molecule has 94 valence electrons. The largest absolute Gasteiger partial charge is 0.478 e. The Morgan fingerprint density at radius 3 is 2.47 bits per heavy atom. The van der Waals surface area contributed by atoms with Crippen LogP contribution < -0.4 is 4.90 Å². The van der Waals surface area contributed by atoms with Gasteiger partial charge in [0, 0.05) is 18.3 Å². The Hall–Kier alpha value is -1.55. The zero-order valence-corrected chi connectivity index (χ0v) is 10.5. The van der Waals surface area contributed by atoms with Gasteiger partial charge >= 0.3 is 5.97 Å². The van der Waals surface area contributed by atoms with Crippen molar-refractivity contribution in [2.75, 3.05) is 18.1 Å².